The molecule has 1 aromatic carbocycles. The van der Waals surface area contributed by atoms with Gasteiger partial charge in [0.15, 0.2) is 5.96 Å². The summed E-state index contributed by atoms with van der Waals surface area (Å²) < 4.78 is 15.3. The maximum Gasteiger partial charge on any atom is 0.191 e. The Morgan fingerprint density at radius 1 is 1.31 bits per heavy atom. The van der Waals surface area contributed by atoms with E-state index in [0.717, 1.165) is 30.9 Å². The van der Waals surface area contributed by atoms with Crippen molar-refractivity contribution < 1.29 is 4.39 Å². The smallest absolute Gasteiger partial charge is 0.191 e. The molecule has 1 aromatic heterocycles. The van der Waals surface area contributed by atoms with Crippen molar-refractivity contribution in [1.29, 1.82) is 0 Å². The summed E-state index contributed by atoms with van der Waals surface area (Å²) in [6.07, 6.45) is 5.91. The minimum Gasteiger partial charge on any atom is -0.356 e. The molecule has 0 atom stereocenters. The lowest BCUT2D eigenvalue weighted by molar-refractivity contribution is 0.503. The largest absolute Gasteiger partial charge is 0.356 e. The number of halogens is 2. The van der Waals surface area contributed by atoms with Crippen LogP contribution in [-0.4, -0.2) is 35.9 Å². The van der Waals surface area contributed by atoms with E-state index in [2.05, 4.69) is 34.6 Å². The third-order valence-corrected chi connectivity index (χ3v) is 4.22. The molecule has 1 heterocycles. The van der Waals surface area contributed by atoms with Crippen molar-refractivity contribution >= 4 is 29.9 Å². The van der Waals surface area contributed by atoms with Crippen LogP contribution in [0.4, 0.5) is 4.39 Å². The first-order valence-corrected chi connectivity index (χ1v) is 8.59. The number of hydrogen-bond donors (Lipinski definition) is 2. The minimum absolute atomic E-state index is 0. The lowest BCUT2D eigenvalue weighted by atomic mass is 9.84. The van der Waals surface area contributed by atoms with E-state index in [9.17, 15) is 4.39 Å². The maximum atomic E-state index is 13.4. The molecule has 144 valence electrons. The van der Waals surface area contributed by atoms with Gasteiger partial charge in [-0.2, -0.15) is 5.10 Å². The Kier molecular flexibility index (Phi) is 9.04. The molecule has 2 rings (SSSR count). The van der Waals surface area contributed by atoms with Crippen molar-refractivity contribution in [2.75, 3.05) is 20.1 Å². The maximum absolute atomic E-state index is 13.4. The Labute approximate surface area is 172 Å². The van der Waals surface area contributed by atoms with Gasteiger partial charge in [0.25, 0.3) is 0 Å². The van der Waals surface area contributed by atoms with Crippen molar-refractivity contribution in [2.24, 2.45) is 12.0 Å². The van der Waals surface area contributed by atoms with E-state index in [1.165, 1.54) is 11.6 Å². The van der Waals surface area contributed by atoms with E-state index in [0.29, 0.717) is 6.54 Å². The van der Waals surface area contributed by atoms with E-state index in [1.54, 1.807) is 19.2 Å². The van der Waals surface area contributed by atoms with Gasteiger partial charge in [-0.1, -0.05) is 26.0 Å². The quantitative estimate of drug-likeness (QED) is 0.281. The standard InChI is InChI=1S/C19H28FN5.HI/c1-19(2,16-8-5-9-17(20)11-16)14-23-18(21-3)22-10-6-7-15-12-24-25(4)13-15;/h5,8-9,11-13H,6-7,10,14H2,1-4H3,(H2,21,22,23);1H. The summed E-state index contributed by atoms with van der Waals surface area (Å²) in [7, 11) is 3.68. The van der Waals surface area contributed by atoms with E-state index < -0.39 is 0 Å². The van der Waals surface area contributed by atoms with Gasteiger partial charge in [-0.3, -0.25) is 9.67 Å². The number of hydrogen-bond acceptors (Lipinski definition) is 2. The number of guanidine groups is 1. The normalized spacial score (nSPS) is 11.8. The second-order valence-corrected chi connectivity index (χ2v) is 6.87. The molecule has 0 unspecified atom stereocenters. The molecule has 26 heavy (non-hydrogen) atoms. The summed E-state index contributed by atoms with van der Waals surface area (Å²) in [4.78, 5) is 4.25. The molecule has 0 saturated carbocycles. The van der Waals surface area contributed by atoms with E-state index in [1.807, 2.05) is 30.2 Å². The van der Waals surface area contributed by atoms with Crippen LogP contribution in [-0.2, 0) is 18.9 Å². The highest BCUT2D eigenvalue weighted by molar-refractivity contribution is 14.0. The van der Waals surface area contributed by atoms with Crippen molar-refractivity contribution in [1.82, 2.24) is 20.4 Å². The van der Waals surface area contributed by atoms with Gasteiger partial charge in [0.05, 0.1) is 6.20 Å². The van der Waals surface area contributed by atoms with E-state index in [4.69, 9.17) is 0 Å². The summed E-state index contributed by atoms with van der Waals surface area (Å²) in [5, 5.41) is 10.8. The number of aromatic nitrogens is 2. The molecule has 7 heteroatoms. The van der Waals surface area contributed by atoms with Gasteiger partial charge in [-0.05, 0) is 36.1 Å². The fraction of sp³-hybridized carbons (Fsp3) is 0.474. The van der Waals surface area contributed by atoms with Crippen LogP contribution in [0.25, 0.3) is 0 Å². The highest BCUT2D eigenvalue weighted by Gasteiger charge is 2.21. The molecule has 0 aliphatic carbocycles. The molecule has 0 radical (unpaired) electrons. The molecule has 5 nitrogen and oxygen atoms in total. The van der Waals surface area contributed by atoms with Gasteiger partial charge in [-0.25, -0.2) is 4.39 Å². The Hall–Kier alpha value is -1.64. The van der Waals surface area contributed by atoms with Gasteiger partial charge in [0, 0.05) is 38.8 Å². The van der Waals surface area contributed by atoms with Crippen LogP contribution in [0.5, 0.6) is 0 Å². The molecule has 0 bridgehead atoms. The van der Waals surface area contributed by atoms with Crippen LogP contribution < -0.4 is 10.6 Å². The highest BCUT2D eigenvalue weighted by atomic mass is 127. The van der Waals surface area contributed by atoms with Crippen LogP contribution >= 0.6 is 24.0 Å². The molecule has 0 amide bonds. The number of benzene rings is 1. The molecular weight excluding hydrogens is 444 g/mol. The van der Waals surface area contributed by atoms with Crippen LogP contribution in [0, 0.1) is 5.82 Å². The number of aliphatic imine (C=N–C) groups is 1. The van der Waals surface area contributed by atoms with Crippen molar-refractivity contribution in [2.45, 2.75) is 32.1 Å². The Bertz CT molecular complexity index is 711. The summed E-state index contributed by atoms with van der Waals surface area (Å²) >= 11 is 0. The van der Waals surface area contributed by atoms with Gasteiger partial charge in [0.2, 0.25) is 0 Å². The first-order valence-electron chi connectivity index (χ1n) is 8.59. The minimum atomic E-state index is -0.205. The summed E-state index contributed by atoms with van der Waals surface area (Å²) in [5.41, 5.74) is 2.00. The van der Waals surface area contributed by atoms with E-state index >= 15 is 0 Å². The second kappa shape index (κ2) is 10.5. The van der Waals surface area contributed by atoms with Crippen molar-refractivity contribution in [3.8, 4) is 0 Å². The first-order chi connectivity index (χ1) is 11.9. The molecule has 2 N–H and O–H groups in total. The molecule has 0 aliphatic rings. The number of nitrogens with one attached hydrogen (secondary N) is 2. The van der Waals surface area contributed by atoms with Crippen LogP contribution in [0.15, 0.2) is 41.7 Å². The molecule has 2 aromatic rings. The molecule has 0 saturated heterocycles. The van der Waals surface area contributed by atoms with Gasteiger partial charge >= 0.3 is 0 Å². The molecule has 0 aliphatic heterocycles. The predicted molar refractivity (Wildman–Crippen MR) is 116 cm³/mol. The Balaban J connectivity index is 0.00000338. The SMILES string of the molecule is CN=C(NCCCc1cnn(C)c1)NCC(C)(C)c1cccc(F)c1.I. The zero-order valence-electron chi connectivity index (χ0n) is 15.9. The van der Waals surface area contributed by atoms with Crippen molar-refractivity contribution in [3.05, 3.63) is 53.6 Å². The first kappa shape index (κ1) is 22.4. The third-order valence-electron chi connectivity index (χ3n) is 4.22. The number of nitrogens with zero attached hydrogens (tertiary/aromatic N) is 3. The molecule has 0 fully saturated rings. The third kappa shape index (κ3) is 6.93. The average Bonchev–Trinajstić information content (AvgIpc) is 2.99. The highest BCUT2D eigenvalue weighted by Crippen LogP contribution is 2.22. The van der Waals surface area contributed by atoms with Crippen molar-refractivity contribution in [3.63, 3.8) is 0 Å². The van der Waals surface area contributed by atoms with E-state index in [-0.39, 0.29) is 35.2 Å². The number of rotatable bonds is 7. The Morgan fingerprint density at radius 2 is 2.08 bits per heavy atom. The zero-order chi connectivity index (χ0) is 18.3. The average molecular weight is 473 g/mol. The fourth-order valence-corrected chi connectivity index (χ4v) is 2.64. The predicted octanol–water partition coefficient (Wildman–Crippen LogP) is 3.25. The topological polar surface area (TPSA) is 54.2 Å². The van der Waals surface area contributed by atoms with Gasteiger partial charge < -0.3 is 10.6 Å². The fourth-order valence-electron chi connectivity index (χ4n) is 2.64. The lowest BCUT2D eigenvalue weighted by Crippen LogP contribution is -2.43. The second-order valence-electron chi connectivity index (χ2n) is 6.87. The molecule has 0 spiro atoms. The van der Waals surface area contributed by atoms with Crippen LogP contribution in [0.1, 0.15) is 31.4 Å². The summed E-state index contributed by atoms with van der Waals surface area (Å²) in [6, 6.07) is 6.76. The zero-order valence-corrected chi connectivity index (χ0v) is 18.3. The Morgan fingerprint density at radius 3 is 2.69 bits per heavy atom. The van der Waals surface area contributed by atoms with Crippen LogP contribution in [0.3, 0.4) is 0 Å². The monoisotopic (exact) mass is 473 g/mol. The molecular formula is C19H29FIN5. The summed E-state index contributed by atoms with van der Waals surface area (Å²) in [6.45, 7) is 5.67. The summed E-state index contributed by atoms with van der Waals surface area (Å²) in [5.74, 6) is 0.555. The van der Waals surface area contributed by atoms with Gasteiger partial charge in [-0.15, -0.1) is 24.0 Å². The lowest BCUT2D eigenvalue weighted by Gasteiger charge is -2.26. The number of aryl methyl sites for hydroxylation is 2. The van der Waals surface area contributed by atoms with Gasteiger partial charge in [0.1, 0.15) is 5.82 Å². The van der Waals surface area contributed by atoms with Crippen LogP contribution in [0.2, 0.25) is 0 Å².